The Labute approximate surface area is 154 Å². The lowest BCUT2D eigenvalue weighted by atomic mass is 10.1. The van der Waals surface area contributed by atoms with Gasteiger partial charge in [0.2, 0.25) is 0 Å². The van der Waals surface area contributed by atoms with Crippen molar-refractivity contribution in [3.8, 4) is 5.75 Å². The molecule has 0 unspecified atom stereocenters. The summed E-state index contributed by atoms with van der Waals surface area (Å²) in [7, 11) is 1.57. The zero-order valence-electron chi connectivity index (χ0n) is 14.2. The summed E-state index contributed by atoms with van der Waals surface area (Å²) in [5, 5.41) is 5.48. The quantitative estimate of drug-likeness (QED) is 0.707. The van der Waals surface area contributed by atoms with Crippen molar-refractivity contribution in [1.29, 1.82) is 0 Å². The lowest BCUT2D eigenvalue weighted by Crippen LogP contribution is -2.42. The fraction of sp³-hybridized carbons (Fsp3) is 0.211. The molecule has 1 aliphatic rings. The molecule has 0 saturated carbocycles. The van der Waals surface area contributed by atoms with Gasteiger partial charge in [0.15, 0.2) is 0 Å². The summed E-state index contributed by atoms with van der Waals surface area (Å²) in [4.78, 5) is 32.3. The van der Waals surface area contributed by atoms with Crippen molar-refractivity contribution >= 4 is 39.7 Å². The van der Waals surface area contributed by atoms with Crippen LogP contribution in [-0.4, -0.2) is 35.4 Å². The number of nitrogens with one attached hydrogen (secondary N) is 1. The molecule has 2 amide bonds. The minimum absolute atomic E-state index is 0.482. The lowest BCUT2D eigenvalue weighted by Gasteiger charge is -2.26. The number of amides is 2. The van der Waals surface area contributed by atoms with E-state index in [9.17, 15) is 9.59 Å². The molecule has 3 aromatic rings. The van der Waals surface area contributed by atoms with Crippen molar-refractivity contribution in [2.75, 3.05) is 19.0 Å². The van der Waals surface area contributed by atoms with Crippen LogP contribution in [0, 0.1) is 0 Å². The Morgan fingerprint density at radius 3 is 3.00 bits per heavy atom. The van der Waals surface area contributed by atoms with E-state index in [0.29, 0.717) is 30.0 Å². The van der Waals surface area contributed by atoms with Crippen LogP contribution in [0.3, 0.4) is 0 Å². The lowest BCUT2D eigenvalue weighted by molar-refractivity contribution is -0.143. The molecule has 2 aromatic heterocycles. The molecule has 0 radical (unpaired) electrons. The van der Waals surface area contributed by atoms with E-state index in [1.807, 2.05) is 17.5 Å². The number of rotatable bonds is 2. The Kier molecular flexibility index (Phi) is 4.30. The van der Waals surface area contributed by atoms with Crippen molar-refractivity contribution in [2.45, 2.75) is 13.0 Å². The maximum absolute atomic E-state index is 12.6. The molecule has 3 heterocycles. The Morgan fingerprint density at radius 1 is 1.27 bits per heavy atom. The highest BCUT2D eigenvalue weighted by Gasteiger charge is 2.26. The van der Waals surface area contributed by atoms with Gasteiger partial charge in [0.25, 0.3) is 0 Å². The van der Waals surface area contributed by atoms with E-state index in [2.05, 4.69) is 10.3 Å². The Hall–Kier alpha value is -2.93. The molecule has 0 atom stereocenters. The van der Waals surface area contributed by atoms with Crippen molar-refractivity contribution < 1.29 is 14.3 Å². The number of aromatic nitrogens is 1. The topological polar surface area (TPSA) is 71.5 Å². The minimum Gasteiger partial charge on any atom is -0.494 e. The predicted octanol–water partition coefficient (Wildman–Crippen LogP) is 2.83. The number of anilines is 1. The SMILES string of the molecule is COc1ccc(NC(=O)C(=O)N2CCc3sccc3C2)c2cccnc12. The molecule has 1 aromatic carbocycles. The van der Waals surface area contributed by atoms with Crippen LogP contribution in [0.15, 0.2) is 41.9 Å². The van der Waals surface area contributed by atoms with Gasteiger partial charge in [0.1, 0.15) is 11.3 Å². The van der Waals surface area contributed by atoms with Gasteiger partial charge in [-0.05, 0) is 47.7 Å². The van der Waals surface area contributed by atoms with E-state index in [1.54, 1.807) is 47.7 Å². The zero-order valence-corrected chi connectivity index (χ0v) is 15.0. The first-order chi connectivity index (χ1) is 12.7. The molecule has 132 valence electrons. The first-order valence-electron chi connectivity index (χ1n) is 8.24. The van der Waals surface area contributed by atoms with Crippen LogP contribution in [0.1, 0.15) is 10.4 Å². The second-order valence-corrected chi connectivity index (χ2v) is 7.02. The Morgan fingerprint density at radius 2 is 2.15 bits per heavy atom. The minimum atomic E-state index is -0.640. The first kappa shape index (κ1) is 16.5. The van der Waals surface area contributed by atoms with Crippen LogP contribution in [0.5, 0.6) is 5.75 Å². The first-order valence-corrected chi connectivity index (χ1v) is 9.12. The van der Waals surface area contributed by atoms with Crippen molar-refractivity contribution in [3.63, 3.8) is 0 Å². The van der Waals surface area contributed by atoms with Gasteiger partial charge in [-0.15, -0.1) is 11.3 Å². The van der Waals surface area contributed by atoms with E-state index in [-0.39, 0.29) is 0 Å². The molecule has 0 saturated heterocycles. The molecule has 0 spiro atoms. The normalized spacial score (nSPS) is 13.3. The number of thiophene rings is 1. The molecule has 0 bridgehead atoms. The predicted molar refractivity (Wildman–Crippen MR) is 100 cm³/mol. The highest BCUT2D eigenvalue weighted by molar-refractivity contribution is 7.10. The third-order valence-corrected chi connectivity index (χ3v) is 5.51. The highest BCUT2D eigenvalue weighted by atomic mass is 32.1. The summed E-state index contributed by atoms with van der Waals surface area (Å²) in [5.74, 6) is -0.542. The molecule has 26 heavy (non-hydrogen) atoms. The average Bonchev–Trinajstić information content (AvgIpc) is 3.15. The van der Waals surface area contributed by atoms with Crippen LogP contribution in [-0.2, 0) is 22.6 Å². The van der Waals surface area contributed by atoms with E-state index in [0.717, 1.165) is 17.4 Å². The molecule has 1 N–H and O–H groups in total. The van der Waals surface area contributed by atoms with Gasteiger partial charge in [0, 0.05) is 29.5 Å². The molecule has 7 heteroatoms. The van der Waals surface area contributed by atoms with Gasteiger partial charge in [-0.2, -0.15) is 0 Å². The number of methoxy groups -OCH3 is 1. The monoisotopic (exact) mass is 367 g/mol. The van der Waals surface area contributed by atoms with Gasteiger partial charge in [0.05, 0.1) is 12.8 Å². The largest absolute Gasteiger partial charge is 0.494 e. The smallest absolute Gasteiger partial charge is 0.313 e. The van der Waals surface area contributed by atoms with E-state index in [4.69, 9.17) is 4.74 Å². The van der Waals surface area contributed by atoms with E-state index >= 15 is 0 Å². The van der Waals surface area contributed by atoms with Crippen molar-refractivity contribution in [2.24, 2.45) is 0 Å². The van der Waals surface area contributed by atoms with Gasteiger partial charge in [-0.3, -0.25) is 14.6 Å². The average molecular weight is 367 g/mol. The summed E-state index contributed by atoms with van der Waals surface area (Å²) in [6.45, 7) is 1.04. The van der Waals surface area contributed by atoms with Gasteiger partial charge in [-0.1, -0.05) is 0 Å². The second kappa shape index (κ2) is 6.76. The number of nitrogens with zero attached hydrogens (tertiary/aromatic N) is 2. The number of benzene rings is 1. The number of hydrogen-bond donors (Lipinski definition) is 1. The third-order valence-electron chi connectivity index (χ3n) is 4.49. The molecule has 0 aliphatic carbocycles. The van der Waals surface area contributed by atoms with Gasteiger partial charge >= 0.3 is 11.8 Å². The summed E-state index contributed by atoms with van der Waals surface area (Å²) in [6, 6.07) is 9.08. The molecule has 0 fully saturated rings. The van der Waals surface area contributed by atoms with Crippen LogP contribution < -0.4 is 10.1 Å². The second-order valence-electron chi connectivity index (χ2n) is 6.01. The zero-order chi connectivity index (χ0) is 18.1. The fourth-order valence-corrected chi connectivity index (χ4v) is 4.05. The Bertz CT molecular complexity index is 999. The summed E-state index contributed by atoms with van der Waals surface area (Å²) < 4.78 is 5.31. The van der Waals surface area contributed by atoms with Crippen LogP contribution >= 0.6 is 11.3 Å². The maximum atomic E-state index is 12.6. The molecule has 6 nitrogen and oxygen atoms in total. The third kappa shape index (κ3) is 2.90. The standard InChI is InChI=1S/C19H17N3O3S/c1-25-15-5-4-14(13-3-2-8-20-17(13)15)21-18(23)19(24)22-9-6-16-12(11-22)7-10-26-16/h2-5,7-8,10H,6,9,11H2,1H3,(H,21,23). The van der Waals surface area contributed by atoms with Gasteiger partial charge in [-0.25, -0.2) is 0 Å². The summed E-state index contributed by atoms with van der Waals surface area (Å²) >= 11 is 1.70. The number of carbonyl (C=O) groups is 2. The molecule has 1 aliphatic heterocycles. The molecule has 4 rings (SSSR count). The summed E-state index contributed by atoms with van der Waals surface area (Å²) in [6.07, 6.45) is 2.45. The van der Waals surface area contributed by atoms with E-state index < -0.39 is 11.8 Å². The maximum Gasteiger partial charge on any atom is 0.313 e. The van der Waals surface area contributed by atoms with Gasteiger partial charge < -0.3 is 15.0 Å². The number of carbonyl (C=O) groups excluding carboxylic acids is 2. The highest BCUT2D eigenvalue weighted by Crippen LogP contribution is 2.30. The number of pyridine rings is 1. The van der Waals surface area contributed by atoms with Crippen LogP contribution in [0.25, 0.3) is 10.9 Å². The fourth-order valence-electron chi connectivity index (χ4n) is 3.16. The molecular weight excluding hydrogens is 350 g/mol. The number of fused-ring (bicyclic) bond motifs is 2. The Balaban J connectivity index is 1.55. The number of hydrogen-bond acceptors (Lipinski definition) is 5. The van der Waals surface area contributed by atoms with E-state index in [1.165, 1.54) is 4.88 Å². The summed E-state index contributed by atoms with van der Waals surface area (Å²) in [5.41, 5.74) is 2.31. The van der Waals surface area contributed by atoms with Crippen LogP contribution in [0.4, 0.5) is 5.69 Å². The number of ether oxygens (including phenoxy) is 1. The molecular formula is C19H17N3O3S. The van der Waals surface area contributed by atoms with Crippen LogP contribution in [0.2, 0.25) is 0 Å². The van der Waals surface area contributed by atoms with Crippen molar-refractivity contribution in [3.05, 3.63) is 52.3 Å². The van der Waals surface area contributed by atoms with Crippen molar-refractivity contribution in [1.82, 2.24) is 9.88 Å².